The fourth-order valence-electron chi connectivity index (χ4n) is 6.65. The summed E-state index contributed by atoms with van der Waals surface area (Å²) >= 11 is 0. The van der Waals surface area contributed by atoms with Crippen molar-refractivity contribution in [3.8, 4) is 0 Å². The zero-order chi connectivity index (χ0) is 15.7. The Morgan fingerprint density at radius 2 is 2.00 bits per heavy atom. The highest BCUT2D eigenvalue weighted by molar-refractivity contribution is 5.25. The van der Waals surface area contributed by atoms with Crippen LogP contribution in [-0.4, -0.2) is 23.4 Å². The first-order valence-corrected chi connectivity index (χ1v) is 9.13. The minimum Gasteiger partial charge on any atom is -0.393 e. The van der Waals surface area contributed by atoms with Crippen molar-refractivity contribution in [2.24, 2.45) is 34.3 Å². The second-order valence-electron chi connectivity index (χ2n) is 8.98. The molecular formula is C19H30FNO. The fourth-order valence-corrected chi connectivity index (χ4v) is 6.65. The smallest absolute Gasteiger partial charge is 0.116 e. The maximum absolute atomic E-state index is 14.3. The summed E-state index contributed by atoms with van der Waals surface area (Å²) in [5.41, 5.74) is 7.96. The zero-order valence-electron chi connectivity index (χ0n) is 13.9. The molecule has 124 valence electrons. The van der Waals surface area contributed by atoms with Gasteiger partial charge in [0.15, 0.2) is 0 Å². The molecule has 0 aromatic heterocycles. The lowest BCUT2D eigenvalue weighted by molar-refractivity contribution is -0.0402. The number of nitrogens with two attached hydrogens (primary N) is 1. The standard InChI is InChI=1S/C19H30FNO/c1-18-7-5-12(22)9-11(18)3-4-13-14(18)6-8-19(2)15(13)10-16(20)17(19)21/h3,12-17,22H,4-10,21H2,1-2H3/t12-,13-,14+,15-,16-,17+,18+,19+/m1/s1. The Labute approximate surface area is 133 Å². The summed E-state index contributed by atoms with van der Waals surface area (Å²) in [7, 11) is 0. The molecule has 0 spiro atoms. The van der Waals surface area contributed by atoms with Gasteiger partial charge in [0.1, 0.15) is 6.17 Å². The minimum absolute atomic E-state index is 0.00350. The summed E-state index contributed by atoms with van der Waals surface area (Å²) < 4.78 is 14.3. The van der Waals surface area contributed by atoms with Gasteiger partial charge < -0.3 is 10.8 Å². The number of allylic oxidation sites excluding steroid dienone is 1. The molecule has 0 aliphatic heterocycles. The lowest BCUT2D eigenvalue weighted by atomic mass is 9.48. The zero-order valence-corrected chi connectivity index (χ0v) is 13.9. The topological polar surface area (TPSA) is 46.2 Å². The average molecular weight is 307 g/mol. The van der Waals surface area contributed by atoms with E-state index in [0.717, 1.165) is 32.1 Å². The summed E-state index contributed by atoms with van der Waals surface area (Å²) in [6, 6.07) is -0.273. The third kappa shape index (κ3) is 1.84. The number of halogens is 1. The predicted octanol–water partition coefficient (Wildman–Crippen LogP) is 3.59. The van der Waals surface area contributed by atoms with Gasteiger partial charge in [0.25, 0.3) is 0 Å². The van der Waals surface area contributed by atoms with E-state index >= 15 is 0 Å². The van der Waals surface area contributed by atoms with Gasteiger partial charge in [0.05, 0.1) is 6.10 Å². The fraction of sp³-hybridized carbons (Fsp3) is 0.895. The first-order valence-electron chi connectivity index (χ1n) is 9.13. The molecule has 4 aliphatic carbocycles. The van der Waals surface area contributed by atoms with Crippen molar-refractivity contribution in [2.45, 2.75) is 77.1 Å². The monoisotopic (exact) mass is 307 g/mol. The lowest BCUT2D eigenvalue weighted by Gasteiger charge is -2.57. The molecular weight excluding hydrogens is 277 g/mol. The van der Waals surface area contributed by atoms with Crippen molar-refractivity contribution in [2.75, 3.05) is 0 Å². The van der Waals surface area contributed by atoms with E-state index < -0.39 is 6.17 Å². The van der Waals surface area contributed by atoms with Gasteiger partial charge in [0.2, 0.25) is 0 Å². The maximum Gasteiger partial charge on any atom is 0.116 e. The first-order chi connectivity index (χ1) is 10.4. The van der Waals surface area contributed by atoms with Gasteiger partial charge in [-0.3, -0.25) is 0 Å². The van der Waals surface area contributed by atoms with Gasteiger partial charge in [-0.15, -0.1) is 0 Å². The molecule has 2 nitrogen and oxygen atoms in total. The first kappa shape index (κ1) is 15.1. The number of rotatable bonds is 0. The maximum atomic E-state index is 14.3. The van der Waals surface area contributed by atoms with Crippen molar-refractivity contribution in [3.63, 3.8) is 0 Å². The Kier molecular flexibility index (Phi) is 3.30. The van der Waals surface area contributed by atoms with Crippen LogP contribution < -0.4 is 5.73 Å². The largest absolute Gasteiger partial charge is 0.393 e. The summed E-state index contributed by atoms with van der Waals surface area (Å²) in [6.07, 6.45) is 8.29. The molecule has 0 radical (unpaired) electrons. The van der Waals surface area contributed by atoms with E-state index in [-0.39, 0.29) is 23.0 Å². The highest BCUT2D eigenvalue weighted by atomic mass is 19.1. The molecule has 0 amide bonds. The Bertz CT molecular complexity index is 506. The molecule has 22 heavy (non-hydrogen) atoms. The van der Waals surface area contributed by atoms with Crippen LogP contribution in [-0.2, 0) is 0 Å². The second kappa shape index (κ2) is 4.80. The predicted molar refractivity (Wildman–Crippen MR) is 86.0 cm³/mol. The van der Waals surface area contributed by atoms with E-state index in [1.54, 1.807) is 0 Å². The van der Waals surface area contributed by atoms with Crippen molar-refractivity contribution < 1.29 is 9.50 Å². The third-order valence-electron chi connectivity index (χ3n) is 8.15. The van der Waals surface area contributed by atoms with Gasteiger partial charge in [-0.05, 0) is 73.5 Å². The minimum atomic E-state index is -0.819. The molecule has 0 heterocycles. The Hall–Kier alpha value is -0.410. The molecule has 3 saturated carbocycles. The number of alkyl halides is 1. The molecule has 0 unspecified atom stereocenters. The van der Waals surface area contributed by atoms with E-state index in [2.05, 4.69) is 19.9 Å². The van der Waals surface area contributed by atoms with Crippen LogP contribution >= 0.6 is 0 Å². The summed E-state index contributed by atoms with van der Waals surface area (Å²) in [6.45, 7) is 4.65. The van der Waals surface area contributed by atoms with E-state index in [4.69, 9.17) is 5.73 Å². The van der Waals surface area contributed by atoms with E-state index in [0.29, 0.717) is 24.2 Å². The van der Waals surface area contributed by atoms with E-state index in [9.17, 15) is 9.50 Å². The second-order valence-corrected chi connectivity index (χ2v) is 8.98. The number of aliphatic hydroxyl groups excluding tert-OH is 1. The summed E-state index contributed by atoms with van der Waals surface area (Å²) in [5, 5.41) is 10.0. The Morgan fingerprint density at radius 1 is 1.23 bits per heavy atom. The van der Waals surface area contributed by atoms with Crippen LogP contribution in [0.15, 0.2) is 11.6 Å². The molecule has 0 aromatic rings. The normalized spacial score (nSPS) is 57.6. The van der Waals surface area contributed by atoms with E-state index in [1.165, 1.54) is 12.0 Å². The van der Waals surface area contributed by atoms with Crippen LogP contribution in [0.3, 0.4) is 0 Å². The van der Waals surface area contributed by atoms with Crippen molar-refractivity contribution in [1.29, 1.82) is 0 Å². The molecule has 3 fully saturated rings. The molecule has 3 N–H and O–H groups in total. The molecule has 4 aliphatic rings. The van der Waals surface area contributed by atoms with Gasteiger partial charge in [0, 0.05) is 6.04 Å². The molecule has 0 saturated heterocycles. The quantitative estimate of drug-likeness (QED) is 0.672. The SMILES string of the molecule is C[C@]12CC[C@H]3[C@@H](CC=C4C[C@H](O)CC[C@@]43C)[C@H]1C[C@@H](F)[C@@H]2N. The summed E-state index contributed by atoms with van der Waals surface area (Å²) in [4.78, 5) is 0. The van der Waals surface area contributed by atoms with Gasteiger partial charge in [-0.25, -0.2) is 4.39 Å². The van der Waals surface area contributed by atoms with Crippen LogP contribution in [0.25, 0.3) is 0 Å². The Morgan fingerprint density at radius 3 is 2.77 bits per heavy atom. The van der Waals surface area contributed by atoms with Crippen molar-refractivity contribution in [1.82, 2.24) is 0 Å². The highest BCUT2D eigenvalue weighted by Crippen LogP contribution is 2.64. The van der Waals surface area contributed by atoms with Gasteiger partial charge >= 0.3 is 0 Å². The highest BCUT2D eigenvalue weighted by Gasteiger charge is 2.60. The van der Waals surface area contributed by atoms with Crippen LogP contribution in [0.1, 0.15) is 58.8 Å². The van der Waals surface area contributed by atoms with Gasteiger partial charge in [-0.1, -0.05) is 25.5 Å². The van der Waals surface area contributed by atoms with Gasteiger partial charge in [-0.2, -0.15) is 0 Å². The molecule has 4 rings (SSSR count). The molecule has 3 heteroatoms. The Balaban J connectivity index is 1.68. The van der Waals surface area contributed by atoms with E-state index in [1.807, 2.05) is 0 Å². The molecule has 0 aromatic carbocycles. The number of hydrogen-bond acceptors (Lipinski definition) is 2. The summed E-state index contributed by atoms with van der Waals surface area (Å²) in [5.74, 6) is 1.70. The average Bonchev–Trinajstić information content (AvgIpc) is 2.72. The van der Waals surface area contributed by atoms with Crippen molar-refractivity contribution in [3.05, 3.63) is 11.6 Å². The number of fused-ring (bicyclic) bond motifs is 5. The third-order valence-corrected chi connectivity index (χ3v) is 8.15. The number of aliphatic hydroxyl groups is 1. The van der Waals surface area contributed by atoms with Crippen LogP contribution in [0.5, 0.6) is 0 Å². The molecule has 8 atom stereocenters. The number of hydrogen-bond donors (Lipinski definition) is 2. The molecule has 0 bridgehead atoms. The van der Waals surface area contributed by atoms with Crippen molar-refractivity contribution >= 4 is 0 Å². The van der Waals surface area contributed by atoms with Crippen LogP contribution in [0, 0.1) is 28.6 Å². The lowest BCUT2D eigenvalue weighted by Crippen LogP contribution is -2.52. The van der Waals surface area contributed by atoms with Crippen LogP contribution in [0.4, 0.5) is 4.39 Å². The van der Waals surface area contributed by atoms with Crippen LogP contribution in [0.2, 0.25) is 0 Å².